The molecule has 2 N–H and O–H groups in total. The molecule has 2 nitrogen and oxygen atoms in total. The van der Waals surface area contributed by atoms with E-state index in [1.807, 2.05) is 6.07 Å². The summed E-state index contributed by atoms with van der Waals surface area (Å²) in [5.41, 5.74) is 6.44. The van der Waals surface area contributed by atoms with Crippen molar-refractivity contribution in [3.8, 4) is 11.5 Å². The van der Waals surface area contributed by atoms with Crippen molar-refractivity contribution in [3.05, 3.63) is 57.3 Å². The molecular formula is C13H10BrClFNO. The average Bonchev–Trinajstić information content (AvgIpc) is 2.34. The van der Waals surface area contributed by atoms with Crippen LogP contribution in [0.5, 0.6) is 11.5 Å². The first-order chi connectivity index (χ1) is 8.60. The minimum atomic E-state index is -0.334. The van der Waals surface area contributed by atoms with Crippen molar-refractivity contribution in [2.45, 2.75) is 6.54 Å². The quantitative estimate of drug-likeness (QED) is 0.899. The van der Waals surface area contributed by atoms with Gasteiger partial charge < -0.3 is 10.5 Å². The lowest BCUT2D eigenvalue weighted by molar-refractivity contribution is 0.477. The number of benzene rings is 2. The maximum Gasteiger partial charge on any atom is 0.146 e. The van der Waals surface area contributed by atoms with E-state index in [-0.39, 0.29) is 5.82 Å². The highest BCUT2D eigenvalue weighted by Crippen LogP contribution is 2.34. The third-order valence-corrected chi connectivity index (χ3v) is 3.26. The second-order valence-corrected chi connectivity index (χ2v) is 4.91. The molecule has 2 aromatic rings. The third-order valence-electron chi connectivity index (χ3n) is 2.35. The summed E-state index contributed by atoms with van der Waals surface area (Å²) in [5.74, 6) is 0.666. The summed E-state index contributed by atoms with van der Waals surface area (Å²) >= 11 is 9.30. The third kappa shape index (κ3) is 3.02. The Bertz CT molecular complexity index is 577. The van der Waals surface area contributed by atoms with E-state index < -0.39 is 0 Å². The first-order valence-corrected chi connectivity index (χ1v) is 6.38. The van der Waals surface area contributed by atoms with Gasteiger partial charge in [-0.1, -0.05) is 17.7 Å². The molecule has 0 aliphatic rings. The molecule has 0 saturated carbocycles. The smallest absolute Gasteiger partial charge is 0.146 e. The lowest BCUT2D eigenvalue weighted by Gasteiger charge is -2.10. The molecule has 5 heteroatoms. The molecule has 0 aliphatic carbocycles. The molecule has 94 valence electrons. The van der Waals surface area contributed by atoms with E-state index in [2.05, 4.69) is 15.9 Å². The summed E-state index contributed by atoms with van der Waals surface area (Å²) in [6, 6.07) is 9.50. The number of ether oxygens (including phenoxy) is 1. The molecule has 0 unspecified atom stereocenters. The van der Waals surface area contributed by atoms with Crippen LogP contribution >= 0.6 is 27.5 Å². The Labute approximate surface area is 118 Å². The Balaban J connectivity index is 2.28. The Morgan fingerprint density at radius 3 is 2.50 bits per heavy atom. The molecule has 0 heterocycles. The fraction of sp³-hybridized carbons (Fsp3) is 0.0769. The van der Waals surface area contributed by atoms with E-state index >= 15 is 0 Å². The number of rotatable bonds is 3. The van der Waals surface area contributed by atoms with Crippen LogP contribution in [0.3, 0.4) is 0 Å². The van der Waals surface area contributed by atoms with Crippen LogP contribution in [-0.4, -0.2) is 0 Å². The van der Waals surface area contributed by atoms with Gasteiger partial charge in [0.1, 0.15) is 17.3 Å². The Hall–Kier alpha value is -1.10. The van der Waals surface area contributed by atoms with Gasteiger partial charge in [-0.25, -0.2) is 4.39 Å². The summed E-state index contributed by atoms with van der Waals surface area (Å²) in [6.45, 7) is 0.417. The zero-order valence-electron chi connectivity index (χ0n) is 9.29. The second kappa shape index (κ2) is 5.69. The number of halogens is 3. The van der Waals surface area contributed by atoms with Crippen molar-refractivity contribution in [1.29, 1.82) is 0 Å². The van der Waals surface area contributed by atoms with E-state index in [4.69, 9.17) is 22.1 Å². The zero-order valence-corrected chi connectivity index (χ0v) is 11.6. The largest absolute Gasteiger partial charge is 0.455 e. The average molecular weight is 331 g/mol. The standard InChI is InChI=1S/C13H10BrClFNO/c14-10-6-9(16)2-4-12(10)18-13-3-1-8(7-17)5-11(13)15/h1-6H,7,17H2. The lowest BCUT2D eigenvalue weighted by Crippen LogP contribution is -1.96. The highest BCUT2D eigenvalue weighted by molar-refractivity contribution is 9.10. The Morgan fingerprint density at radius 2 is 1.89 bits per heavy atom. The van der Waals surface area contributed by atoms with E-state index in [1.165, 1.54) is 18.2 Å². The molecule has 0 amide bonds. The van der Waals surface area contributed by atoms with Gasteiger partial charge in [-0.05, 0) is 51.8 Å². The molecule has 0 saturated heterocycles. The zero-order chi connectivity index (χ0) is 13.1. The maximum absolute atomic E-state index is 12.9. The minimum Gasteiger partial charge on any atom is -0.455 e. The fourth-order valence-corrected chi connectivity index (χ4v) is 2.10. The van der Waals surface area contributed by atoms with Gasteiger partial charge in [-0.2, -0.15) is 0 Å². The molecule has 0 aromatic heterocycles. The maximum atomic E-state index is 12.9. The number of hydrogen-bond donors (Lipinski definition) is 1. The molecule has 0 radical (unpaired) electrons. The summed E-state index contributed by atoms with van der Waals surface area (Å²) in [7, 11) is 0. The van der Waals surface area contributed by atoms with Crippen LogP contribution in [-0.2, 0) is 6.54 Å². The lowest BCUT2D eigenvalue weighted by atomic mass is 10.2. The van der Waals surface area contributed by atoms with Gasteiger partial charge in [-0.3, -0.25) is 0 Å². The van der Waals surface area contributed by atoms with Gasteiger partial charge in [0, 0.05) is 6.54 Å². The van der Waals surface area contributed by atoms with E-state index in [0.717, 1.165) is 5.56 Å². The Kier molecular flexibility index (Phi) is 4.22. The summed E-state index contributed by atoms with van der Waals surface area (Å²) in [5, 5.41) is 0.467. The normalized spacial score (nSPS) is 10.4. The predicted molar refractivity (Wildman–Crippen MR) is 73.5 cm³/mol. The van der Waals surface area contributed by atoms with Crippen LogP contribution in [0.4, 0.5) is 4.39 Å². The highest BCUT2D eigenvalue weighted by atomic mass is 79.9. The SMILES string of the molecule is NCc1ccc(Oc2ccc(F)cc2Br)c(Cl)c1. The second-order valence-electron chi connectivity index (χ2n) is 3.65. The van der Waals surface area contributed by atoms with Crippen LogP contribution in [0.25, 0.3) is 0 Å². The van der Waals surface area contributed by atoms with Gasteiger partial charge in [0.2, 0.25) is 0 Å². The van der Waals surface area contributed by atoms with Crippen LogP contribution in [0.2, 0.25) is 5.02 Å². The van der Waals surface area contributed by atoms with Crippen molar-refractivity contribution in [2.75, 3.05) is 0 Å². The van der Waals surface area contributed by atoms with Gasteiger partial charge >= 0.3 is 0 Å². The van der Waals surface area contributed by atoms with Crippen molar-refractivity contribution in [1.82, 2.24) is 0 Å². The van der Waals surface area contributed by atoms with Gasteiger partial charge in [0.05, 0.1) is 9.50 Å². The monoisotopic (exact) mass is 329 g/mol. The minimum absolute atomic E-state index is 0.334. The molecule has 0 aliphatic heterocycles. The topological polar surface area (TPSA) is 35.2 Å². The Morgan fingerprint density at radius 1 is 1.17 bits per heavy atom. The summed E-state index contributed by atoms with van der Waals surface area (Å²) < 4.78 is 19.1. The summed E-state index contributed by atoms with van der Waals surface area (Å²) in [4.78, 5) is 0. The van der Waals surface area contributed by atoms with Crippen LogP contribution < -0.4 is 10.5 Å². The van der Waals surface area contributed by atoms with Crippen molar-refractivity contribution >= 4 is 27.5 Å². The molecular weight excluding hydrogens is 321 g/mol. The van der Waals surface area contributed by atoms with Gasteiger partial charge in [0.25, 0.3) is 0 Å². The molecule has 2 aromatic carbocycles. The van der Waals surface area contributed by atoms with E-state index in [0.29, 0.717) is 27.5 Å². The van der Waals surface area contributed by atoms with Crippen molar-refractivity contribution in [3.63, 3.8) is 0 Å². The highest BCUT2D eigenvalue weighted by Gasteiger charge is 2.07. The van der Waals surface area contributed by atoms with Crippen molar-refractivity contribution < 1.29 is 9.13 Å². The number of nitrogens with two attached hydrogens (primary N) is 1. The van der Waals surface area contributed by atoms with Crippen LogP contribution in [0, 0.1) is 5.82 Å². The molecule has 0 atom stereocenters. The van der Waals surface area contributed by atoms with Gasteiger partial charge in [-0.15, -0.1) is 0 Å². The molecule has 0 bridgehead atoms. The predicted octanol–water partition coefficient (Wildman–Crippen LogP) is 4.49. The van der Waals surface area contributed by atoms with Crippen LogP contribution in [0.15, 0.2) is 40.9 Å². The first-order valence-electron chi connectivity index (χ1n) is 5.21. The fourth-order valence-electron chi connectivity index (χ4n) is 1.43. The van der Waals surface area contributed by atoms with E-state index in [9.17, 15) is 4.39 Å². The number of hydrogen-bond acceptors (Lipinski definition) is 2. The molecule has 2 rings (SSSR count). The van der Waals surface area contributed by atoms with Crippen molar-refractivity contribution in [2.24, 2.45) is 5.73 Å². The molecule has 0 fully saturated rings. The van der Waals surface area contributed by atoms with E-state index in [1.54, 1.807) is 12.1 Å². The first kappa shape index (κ1) is 13.3. The molecule has 0 spiro atoms. The summed E-state index contributed by atoms with van der Waals surface area (Å²) in [6.07, 6.45) is 0. The van der Waals surface area contributed by atoms with Gasteiger partial charge in [0.15, 0.2) is 0 Å². The molecule has 18 heavy (non-hydrogen) atoms. The van der Waals surface area contributed by atoms with Crippen LogP contribution in [0.1, 0.15) is 5.56 Å².